The van der Waals surface area contributed by atoms with Crippen LogP contribution in [0.4, 0.5) is 8.78 Å². The summed E-state index contributed by atoms with van der Waals surface area (Å²) >= 11 is 0. The number of ether oxygens (including phenoxy) is 2. The molecule has 5 nitrogen and oxygen atoms in total. The van der Waals surface area contributed by atoms with Gasteiger partial charge in [-0.25, -0.2) is 8.78 Å². The summed E-state index contributed by atoms with van der Waals surface area (Å²) in [5.41, 5.74) is 0. The lowest BCUT2D eigenvalue weighted by atomic mass is 10.1. The van der Waals surface area contributed by atoms with Gasteiger partial charge < -0.3 is 14.0 Å². The maximum atomic E-state index is 13.4. The lowest BCUT2D eigenvalue weighted by Gasteiger charge is -2.04. The van der Waals surface area contributed by atoms with Crippen LogP contribution in [0.1, 0.15) is 24.1 Å². The third-order valence-corrected chi connectivity index (χ3v) is 3.02. The molecule has 1 saturated heterocycles. The van der Waals surface area contributed by atoms with Gasteiger partial charge in [-0.3, -0.25) is 0 Å². The zero-order valence-electron chi connectivity index (χ0n) is 10.5. The molecule has 1 aromatic carbocycles. The molecule has 0 spiro atoms. The summed E-state index contributed by atoms with van der Waals surface area (Å²) in [5, 5.41) is 3.85. The van der Waals surface area contributed by atoms with E-state index in [0.717, 1.165) is 18.6 Å². The number of aromatic nitrogens is 2. The van der Waals surface area contributed by atoms with Crippen molar-refractivity contribution in [3.8, 4) is 5.75 Å². The van der Waals surface area contributed by atoms with E-state index in [4.69, 9.17) is 14.0 Å². The van der Waals surface area contributed by atoms with E-state index in [0.29, 0.717) is 19.0 Å². The molecule has 2 heterocycles. The van der Waals surface area contributed by atoms with Crippen molar-refractivity contribution < 1.29 is 22.8 Å². The van der Waals surface area contributed by atoms with E-state index in [2.05, 4.69) is 10.1 Å². The second-order valence-electron chi connectivity index (χ2n) is 4.47. The molecule has 0 unspecified atom stereocenters. The molecular weight excluding hydrogens is 270 g/mol. The molecule has 0 saturated carbocycles. The maximum absolute atomic E-state index is 13.4. The maximum Gasteiger partial charge on any atom is 0.264 e. The van der Waals surface area contributed by atoms with E-state index >= 15 is 0 Å². The number of benzene rings is 1. The first-order valence-corrected chi connectivity index (χ1v) is 6.20. The Bertz CT molecular complexity index is 597. The Morgan fingerprint density at radius 1 is 1.35 bits per heavy atom. The van der Waals surface area contributed by atoms with Gasteiger partial charge in [0.2, 0.25) is 0 Å². The van der Waals surface area contributed by atoms with Crippen molar-refractivity contribution in [3.05, 3.63) is 41.5 Å². The van der Waals surface area contributed by atoms with Crippen LogP contribution in [0.3, 0.4) is 0 Å². The third-order valence-electron chi connectivity index (χ3n) is 3.02. The van der Waals surface area contributed by atoms with Gasteiger partial charge in [0.15, 0.2) is 24.0 Å². The quantitative estimate of drug-likeness (QED) is 0.862. The normalized spacial score (nSPS) is 18.4. The van der Waals surface area contributed by atoms with Crippen molar-refractivity contribution in [3.63, 3.8) is 0 Å². The van der Waals surface area contributed by atoms with Gasteiger partial charge in [-0.2, -0.15) is 4.98 Å². The van der Waals surface area contributed by atoms with Crippen LogP contribution in [0, 0.1) is 11.6 Å². The lowest BCUT2D eigenvalue weighted by Crippen LogP contribution is -2.01. The molecule has 0 radical (unpaired) electrons. The summed E-state index contributed by atoms with van der Waals surface area (Å²) in [7, 11) is 0. The number of nitrogens with zero attached hydrogens (tertiary/aromatic N) is 2. The van der Waals surface area contributed by atoms with Crippen LogP contribution in [-0.2, 0) is 11.3 Å². The Morgan fingerprint density at radius 2 is 2.25 bits per heavy atom. The molecule has 1 aliphatic heterocycles. The molecule has 1 atom stereocenters. The largest absolute Gasteiger partial charge is 0.481 e. The van der Waals surface area contributed by atoms with Crippen LogP contribution < -0.4 is 4.74 Å². The van der Waals surface area contributed by atoms with Gasteiger partial charge in [0.25, 0.3) is 5.89 Å². The smallest absolute Gasteiger partial charge is 0.264 e. The Kier molecular flexibility index (Phi) is 3.60. The van der Waals surface area contributed by atoms with E-state index < -0.39 is 11.6 Å². The van der Waals surface area contributed by atoms with Crippen molar-refractivity contribution >= 4 is 0 Å². The van der Waals surface area contributed by atoms with E-state index in [9.17, 15) is 8.78 Å². The zero-order valence-corrected chi connectivity index (χ0v) is 10.5. The highest BCUT2D eigenvalue weighted by Crippen LogP contribution is 2.23. The van der Waals surface area contributed by atoms with Gasteiger partial charge in [0, 0.05) is 18.6 Å². The SMILES string of the molecule is Fc1ccc(OCc2nc([C@@H]3CCOC3)no2)c(F)c1. The summed E-state index contributed by atoms with van der Waals surface area (Å²) in [6, 6.07) is 3.09. The van der Waals surface area contributed by atoms with Crippen LogP contribution in [0.5, 0.6) is 5.75 Å². The first-order chi connectivity index (χ1) is 9.72. The number of rotatable bonds is 4. The fourth-order valence-electron chi connectivity index (χ4n) is 1.96. The molecule has 1 aliphatic rings. The molecular formula is C13H12F2N2O3. The molecule has 106 valence electrons. The number of halogens is 2. The van der Waals surface area contributed by atoms with Gasteiger partial charge in [0.1, 0.15) is 5.82 Å². The second kappa shape index (κ2) is 5.54. The average Bonchev–Trinajstić information content (AvgIpc) is 3.08. The van der Waals surface area contributed by atoms with Crippen molar-refractivity contribution in [1.29, 1.82) is 0 Å². The lowest BCUT2D eigenvalue weighted by molar-refractivity contribution is 0.192. The molecule has 20 heavy (non-hydrogen) atoms. The van der Waals surface area contributed by atoms with Crippen molar-refractivity contribution in [2.75, 3.05) is 13.2 Å². The van der Waals surface area contributed by atoms with Gasteiger partial charge >= 0.3 is 0 Å². The van der Waals surface area contributed by atoms with Crippen molar-refractivity contribution in [1.82, 2.24) is 10.1 Å². The molecule has 3 rings (SSSR count). The average molecular weight is 282 g/mol. The summed E-state index contributed by atoms with van der Waals surface area (Å²) in [4.78, 5) is 4.18. The van der Waals surface area contributed by atoms with Crippen LogP contribution in [-0.4, -0.2) is 23.4 Å². The van der Waals surface area contributed by atoms with Crippen LogP contribution in [0.15, 0.2) is 22.7 Å². The summed E-state index contributed by atoms with van der Waals surface area (Å²) in [6.45, 7) is 1.20. The first-order valence-electron chi connectivity index (χ1n) is 6.20. The van der Waals surface area contributed by atoms with E-state index in [-0.39, 0.29) is 24.2 Å². The van der Waals surface area contributed by atoms with Crippen molar-refractivity contribution in [2.45, 2.75) is 18.9 Å². The highest BCUT2D eigenvalue weighted by atomic mass is 19.1. The minimum Gasteiger partial charge on any atom is -0.481 e. The zero-order chi connectivity index (χ0) is 13.9. The first kappa shape index (κ1) is 13.0. The van der Waals surface area contributed by atoms with Gasteiger partial charge in [0.05, 0.1) is 6.61 Å². The minimum absolute atomic E-state index is 0.0599. The number of hydrogen-bond acceptors (Lipinski definition) is 5. The number of hydrogen-bond donors (Lipinski definition) is 0. The van der Waals surface area contributed by atoms with E-state index in [1.807, 2.05) is 0 Å². The monoisotopic (exact) mass is 282 g/mol. The van der Waals surface area contributed by atoms with Crippen molar-refractivity contribution in [2.24, 2.45) is 0 Å². The fourth-order valence-corrected chi connectivity index (χ4v) is 1.96. The molecule has 0 amide bonds. The fraction of sp³-hybridized carbons (Fsp3) is 0.385. The van der Waals surface area contributed by atoms with Gasteiger partial charge in [-0.15, -0.1) is 0 Å². The molecule has 1 fully saturated rings. The second-order valence-corrected chi connectivity index (χ2v) is 4.47. The Balaban J connectivity index is 1.63. The molecule has 0 aliphatic carbocycles. The van der Waals surface area contributed by atoms with E-state index in [1.165, 1.54) is 6.07 Å². The predicted octanol–water partition coefficient (Wildman–Crippen LogP) is 2.43. The standard InChI is InChI=1S/C13H12F2N2O3/c14-9-1-2-11(10(15)5-9)19-7-12-16-13(17-20-12)8-3-4-18-6-8/h1-2,5,8H,3-4,6-7H2/t8-/m1/s1. The Morgan fingerprint density at radius 3 is 3.00 bits per heavy atom. The summed E-state index contributed by atoms with van der Waals surface area (Å²) in [5.74, 6) is -0.535. The van der Waals surface area contributed by atoms with E-state index in [1.54, 1.807) is 0 Å². The van der Waals surface area contributed by atoms with Crippen LogP contribution in [0.2, 0.25) is 0 Å². The highest BCUT2D eigenvalue weighted by Gasteiger charge is 2.23. The molecule has 7 heteroatoms. The van der Waals surface area contributed by atoms with Crippen LogP contribution >= 0.6 is 0 Å². The summed E-state index contributed by atoms with van der Waals surface area (Å²) in [6.07, 6.45) is 0.854. The van der Waals surface area contributed by atoms with Crippen LogP contribution in [0.25, 0.3) is 0 Å². The Labute approximate surface area is 113 Å². The summed E-state index contributed by atoms with van der Waals surface area (Å²) < 4.78 is 41.5. The molecule has 0 bridgehead atoms. The third kappa shape index (κ3) is 2.77. The highest BCUT2D eigenvalue weighted by molar-refractivity contribution is 5.24. The molecule has 2 aromatic rings. The predicted molar refractivity (Wildman–Crippen MR) is 63.2 cm³/mol. The minimum atomic E-state index is -0.770. The Hall–Kier alpha value is -2.02. The topological polar surface area (TPSA) is 57.4 Å². The van der Waals surface area contributed by atoms with Gasteiger partial charge in [-0.05, 0) is 18.6 Å². The molecule has 0 N–H and O–H groups in total. The molecule has 1 aromatic heterocycles. The van der Waals surface area contributed by atoms with Gasteiger partial charge in [-0.1, -0.05) is 5.16 Å².